The molecule has 0 spiro atoms. The zero-order valence-corrected chi connectivity index (χ0v) is 10.5. The maximum absolute atomic E-state index is 14.0. The van der Waals surface area contributed by atoms with E-state index in [0.29, 0.717) is 0 Å². The summed E-state index contributed by atoms with van der Waals surface area (Å²) in [6.45, 7) is 0. The maximum atomic E-state index is 14.0. The highest BCUT2D eigenvalue weighted by molar-refractivity contribution is 6.31. The number of benzene rings is 1. The molecule has 0 bridgehead atoms. The number of methoxy groups -OCH3 is 1. The minimum absolute atomic E-state index is 0.0691. The number of ether oxygens (including phenoxy) is 1. The molecule has 1 aromatic carbocycles. The van der Waals surface area contributed by atoms with Gasteiger partial charge in [0.2, 0.25) is 0 Å². The fourth-order valence-electron chi connectivity index (χ4n) is 1.63. The van der Waals surface area contributed by atoms with E-state index in [1.54, 1.807) is 7.05 Å². The molecule has 18 heavy (non-hydrogen) atoms. The molecule has 5 nitrogen and oxygen atoms in total. The SMILES string of the molecule is COc1cc(Cl)c(F)c(-c2cnn(C)c2N)c1O. The topological polar surface area (TPSA) is 73.3 Å². The molecule has 0 aliphatic heterocycles. The zero-order chi connectivity index (χ0) is 13.4. The van der Waals surface area contributed by atoms with Crippen molar-refractivity contribution >= 4 is 17.4 Å². The Bertz CT molecular complexity index is 613. The van der Waals surface area contributed by atoms with Gasteiger partial charge in [-0.3, -0.25) is 4.68 Å². The Morgan fingerprint density at radius 1 is 1.56 bits per heavy atom. The van der Waals surface area contributed by atoms with Gasteiger partial charge < -0.3 is 15.6 Å². The van der Waals surface area contributed by atoms with Crippen molar-refractivity contribution in [3.05, 3.63) is 23.1 Å². The minimum Gasteiger partial charge on any atom is -0.504 e. The van der Waals surface area contributed by atoms with Crippen LogP contribution in [0.2, 0.25) is 5.02 Å². The molecule has 1 heterocycles. The molecule has 0 saturated heterocycles. The van der Waals surface area contributed by atoms with Crippen LogP contribution in [0.1, 0.15) is 0 Å². The molecule has 7 heteroatoms. The van der Waals surface area contributed by atoms with Crippen LogP contribution in [0.4, 0.5) is 10.2 Å². The quantitative estimate of drug-likeness (QED) is 0.878. The Kier molecular flexibility index (Phi) is 3.04. The number of phenols is 1. The highest BCUT2D eigenvalue weighted by Crippen LogP contribution is 2.43. The number of phenolic OH excluding ortho intramolecular Hbond substituents is 1. The summed E-state index contributed by atoms with van der Waals surface area (Å²) in [5, 5.41) is 13.7. The Balaban J connectivity index is 2.78. The van der Waals surface area contributed by atoms with Gasteiger partial charge >= 0.3 is 0 Å². The number of aromatic hydroxyl groups is 1. The van der Waals surface area contributed by atoms with E-state index in [0.717, 1.165) is 0 Å². The number of aryl methyl sites for hydroxylation is 1. The van der Waals surface area contributed by atoms with Crippen molar-refractivity contribution in [2.75, 3.05) is 12.8 Å². The Morgan fingerprint density at radius 2 is 2.22 bits per heavy atom. The molecule has 1 aromatic heterocycles. The van der Waals surface area contributed by atoms with Gasteiger partial charge in [-0.1, -0.05) is 11.6 Å². The van der Waals surface area contributed by atoms with Crippen LogP contribution in [0.15, 0.2) is 12.3 Å². The first-order valence-corrected chi connectivity index (χ1v) is 5.38. The number of halogens is 2. The largest absolute Gasteiger partial charge is 0.504 e. The summed E-state index contributed by atoms with van der Waals surface area (Å²) in [5.41, 5.74) is 5.89. The Labute approximate surface area is 108 Å². The lowest BCUT2D eigenvalue weighted by Gasteiger charge is -2.11. The molecular formula is C11H11ClFN3O2. The number of anilines is 1. The number of nitrogens with two attached hydrogens (primary N) is 1. The van der Waals surface area contributed by atoms with Gasteiger partial charge in [-0.25, -0.2) is 4.39 Å². The van der Waals surface area contributed by atoms with Gasteiger partial charge in [0, 0.05) is 13.1 Å². The van der Waals surface area contributed by atoms with Crippen LogP contribution in [0.3, 0.4) is 0 Å². The summed E-state index contributed by atoms with van der Waals surface area (Å²) in [4.78, 5) is 0. The second-order valence-corrected chi connectivity index (χ2v) is 4.07. The van der Waals surface area contributed by atoms with Crippen LogP contribution >= 0.6 is 11.6 Å². The highest BCUT2D eigenvalue weighted by atomic mass is 35.5. The van der Waals surface area contributed by atoms with E-state index in [2.05, 4.69) is 5.10 Å². The van der Waals surface area contributed by atoms with Crippen LogP contribution in [0, 0.1) is 5.82 Å². The average molecular weight is 272 g/mol. The van der Waals surface area contributed by atoms with Crippen molar-refractivity contribution in [3.8, 4) is 22.6 Å². The second-order valence-electron chi connectivity index (χ2n) is 3.67. The molecule has 0 aliphatic rings. The number of hydrogen-bond acceptors (Lipinski definition) is 4. The molecule has 96 valence electrons. The normalized spacial score (nSPS) is 10.7. The molecule has 0 saturated carbocycles. The lowest BCUT2D eigenvalue weighted by molar-refractivity contribution is 0.372. The highest BCUT2D eigenvalue weighted by Gasteiger charge is 2.22. The number of aromatic nitrogens is 2. The molecule has 0 unspecified atom stereocenters. The Morgan fingerprint density at radius 3 is 2.72 bits per heavy atom. The van der Waals surface area contributed by atoms with Crippen LogP contribution in [0.5, 0.6) is 11.5 Å². The first-order chi connectivity index (χ1) is 8.47. The summed E-state index contributed by atoms with van der Waals surface area (Å²) >= 11 is 5.74. The molecule has 0 radical (unpaired) electrons. The molecule has 0 atom stereocenters. The lowest BCUT2D eigenvalue weighted by atomic mass is 10.1. The molecule has 3 N–H and O–H groups in total. The average Bonchev–Trinajstić information content (AvgIpc) is 2.66. The molecule has 2 rings (SSSR count). The van der Waals surface area contributed by atoms with E-state index in [4.69, 9.17) is 22.1 Å². The van der Waals surface area contributed by atoms with E-state index >= 15 is 0 Å². The second kappa shape index (κ2) is 4.38. The van der Waals surface area contributed by atoms with Gasteiger partial charge in [0.25, 0.3) is 0 Å². The van der Waals surface area contributed by atoms with E-state index in [9.17, 15) is 9.50 Å². The van der Waals surface area contributed by atoms with Crippen LogP contribution in [-0.4, -0.2) is 22.0 Å². The van der Waals surface area contributed by atoms with Crippen molar-refractivity contribution in [1.29, 1.82) is 0 Å². The van der Waals surface area contributed by atoms with Crippen molar-refractivity contribution in [3.63, 3.8) is 0 Å². The number of nitrogens with zero attached hydrogens (tertiary/aromatic N) is 2. The van der Waals surface area contributed by atoms with Gasteiger partial charge in [-0.2, -0.15) is 5.10 Å². The molecule has 0 aliphatic carbocycles. The summed E-state index contributed by atoms with van der Waals surface area (Å²) in [5.74, 6) is -0.845. The van der Waals surface area contributed by atoms with Crippen LogP contribution < -0.4 is 10.5 Å². The van der Waals surface area contributed by atoms with Crippen molar-refractivity contribution < 1.29 is 14.2 Å². The number of hydrogen-bond donors (Lipinski definition) is 2. The third-order valence-corrected chi connectivity index (χ3v) is 2.91. The fraction of sp³-hybridized carbons (Fsp3) is 0.182. The minimum atomic E-state index is -0.769. The molecule has 0 amide bonds. The first-order valence-electron chi connectivity index (χ1n) is 5.00. The standard InChI is InChI=1S/C11H11ClFN3O2/c1-16-11(14)5(4-15-16)8-9(13)6(12)3-7(18-2)10(8)17/h3-4,17H,14H2,1-2H3. The van der Waals surface area contributed by atoms with E-state index in [1.807, 2.05) is 0 Å². The maximum Gasteiger partial charge on any atom is 0.168 e. The van der Waals surface area contributed by atoms with Crippen LogP contribution in [-0.2, 0) is 7.05 Å². The van der Waals surface area contributed by atoms with Crippen molar-refractivity contribution in [2.24, 2.45) is 7.05 Å². The monoisotopic (exact) mass is 271 g/mol. The van der Waals surface area contributed by atoms with Crippen molar-refractivity contribution in [1.82, 2.24) is 9.78 Å². The predicted molar refractivity (Wildman–Crippen MR) is 66.2 cm³/mol. The lowest BCUT2D eigenvalue weighted by Crippen LogP contribution is -1.99. The van der Waals surface area contributed by atoms with Gasteiger partial charge in [0.05, 0.1) is 29.5 Å². The third kappa shape index (κ3) is 1.74. The molecular weight excluding hydrogens is 261 g/mol. The summed E-state index contributed by atoms with van der Waals surface area (Å²) in [6.07, 6.45) is 1.35. The van der Waals surface area contributed by atoms with Gasteiger partial charge in [-0.05, 0) is 0 Å². The fourth-order valence-corrected chi connectivity index (χ4v) is 1.83. The first kappa shape index (κ1) is 12.5. The van der Waals surface area contributed by atoms with E-state index in [1.165, 1.54) is 24.1 Å². The van der Waals surface area contributed by atoms with E-state index in [-0.39, 0.29) is 33.5 Å². The summed E-state index contributed by atoms with van der Waals surface area (Å²) < 4.78 is 20.3. The Hall–Kier alpha value is -1.95. The van der Waals surface area contributed by atoms with E-state index < -0.39 is 5.82 Å². The predicted octanol–water partition coefficient (Wildman–Crippen LogP) is 2.18. The smallest absolute Gasteiger partial charge is 0.168 e. The number of nitrogen functional groups attached to an aromatic ring is 1. The van der Waals surface area contributed by atoms with Gasteiger partial charge in [0.1, 0.15) is 5.82 Å². The summed E-state index contributed by atoms with van der Waals surface area (Å²) in [6, 6.07) is 1.20. The van der Waals surface area contributed by atoms with Gasteiger partial charge in [0.15, 0.2) is 17.3 Å². The third-order valence-electron chi connectivity index (χ3n) is 2.63. The van der Waals surface area contributed by atoms with Gasteiger partial charge in [-0.15, -0.1) is 0 Å². The van der Waals surface area contributed by atoms with Crippen LogP contribution in [0.25, 0.3) is 11.1 Å². The molecule has 0 fully saturated rings. The molecule has 2 aromatic rings. The van der Waals surface area contributed by atoms with Crippen molar-refractivity contribution in [2.45, 2.75) is 0 Å². The zero-order valence-electron chi connectivity index (χ0n) is 9.74. The number of rotatable bonds is 2. The summed E-state index contributed by atoms with van der Waals surface area (Å²) in [7, 11) is 2.95.